The summed E-state index contributed by atoms with van der Waals surface area (Å²) in [5, 5.41) is 0. The van der Waals surface area contributed by atoms with Gasteiger partial charge in [-0.2, -0.15) is 13.2 Å². The third-order valence-corrected chi connectivity index (χ3v) is 2.82. The van der Waals surface area contributed by atoms with Crippen molar-refractivity contribution in [2.24, 2.45) is 5.41 Å². The predicted octanol–water partition coefficient (Wildman–Crippen LogP) is 4.97. The third-order valence-electron chi connectivity index (χ3n) is 2.82. The van der Waals surface area contributed by atoms with Gasteiger partial charge in [0.2, 0.25) is 0 Å². The third kappa shape index (κ3) is 5.56. The number of hydrogen-bond donors (Lipinski definition) is 0. The van der Waals surface area contributed by atoms with Gasteiger partial charge in [0.1, 0.15) is 0 Å². The zero-order valence-electron chi connectivity index (χ0n) is 11.0. The van der Waals surface area contributed by atoms with Gasteiger partial charge in [0.15, 0.2) is 0 Å². The van der Waals surface area contributed by atoms with Crippen LogP contribution >= 0.6 is 0 Å². The summed E-state index contributed by atoms with van der Waals surface area (Å²) in [5.74, 6) is 0. The van der Waals surface area contributed by atoms with Crippen LogP contribution in [0.4, 0.5) is 13.2 Å². The Balaban J connectivity index is 2.74. The van der Waals surface area contributed by atoms with E-state index in [0.717, 1.165) is 24.0 Å². The largest absolute Gasteiger partial charge is 0.389 e. The minimum Gasteiger partial charge on any atom is -0.171 e. The second-order valence-electron chi connectivity index (χ2n) is 5.56. The Morgan fingerprint density at radius 1 is 1.11 bits per heavy atom. The van der Waals surface area contributed by atoms with Crippen molar-refractivity contribution in [2.45, 2.75) is 45.7 Å². The number of aryl methyl sites for hydroxylation is 1. The molecular weight excluding hydrogens is 237 g/mol. The van der Waals surface area contributed by atoms with Crippen LogP contribution in [0.25, 0.3) is 0 Å². The second-order valence-corrected chi connectivity index (χ2v) is 5.56. The molecule has 0 atom stereocenters. The van der Waals surface area contributed by atoms with E-state index >= 15 is 0 Å². The Kier molecular flexibility index (Phi) is 4.83. The monoisotopic (exact) mass is 257 g/mol. The van der Waals surface area contributed by atoms with Crippen molar-refractivity contribution in [3.05, 3.63) is 42.3 Å². The molecule has 0 saturated carbocycles. The summed E-state index contributed by atoms with van der Waals surface area (Å²) >= 11 is 0. The number of benzene rings is 1. The van der Waals surface area contributed by atoms with E-state index in [4.69, 9.17) is 0 Å². The van der Waals surface area contributed by atoms with Gasteiger partial charge in [0.25, 0.3) is 0 Å². The van der Waals surface area contributed by atoms with E-state index in [9.17, 15) is 13.2 Å². The zero-order chi connectivity index (χ0) is 13.8. The topological polar surface area (TPSA) is 0 Å². The van der Waals surface area contributed by atoms with Gasteiger partial charge >= 0.3 is 6.18 Å². The molecule has 3 heteroatoms. The van der Waals surface area contributed by atoms with Gasteiger partial charge in [-0.1, -0.05) is 45.0 Å². The lowest BCUT2D eigenvalue weighted by molar-refractivity contribution is -0.154. The van der Waals surface area contributed by atoms with E-state index < -0.39 is 18.0 Å². The van der Waals surface area contributed by atoms with Gasteiger partial charge in [-0.05, 0) is 35.8 Å². The Bertz CT molecular complexity index is 378. The van der Waals surface area contributed by atoms with Gasteiger partial charge in [-0.3, -0.25) is 0 Å². The average molecular weight is 257 g/mol. The second kappa shape index (κ2) is 5.77. The Hall–Kier alpha value is -0.990. The van der Waals surface area contributed by atoms with E-state index in [-0.39, 0.29) is 0 Å². The Labute approximate surface area is 107 Å². The molecule has 0 aromatic heterocycles. The molecule has 0 unspecified atom stereocenters. The summed E-state index contributed by atoms with van der Waals surface area (Å²) in [4.78, 5) is 0. The van der Waals surface area contributed by atoms with E-state index in [1.165, 1.54) is 0 Å². The predicted molar refractivity (Wildman–Crippen MR) is 68.3 cm³/mol. The van der Waals surface area contributed by atoms with Crippen LogP contribution in [-0.4, -0.2) is 6.18 Å². The van der Waals surface area contributed by atoms with Gasteiger partial charge < -0.3 is 0 Å². The van der Waals surface area contributed by atoms with Crippen molar-refractivity contribution in [2.75, 3.05) is 0 Å². The minimum atomic E-state index is -4.10. The molecule has 1 radical (unpaired) electrons. The maximum Gasteiger partial charge on any atom is 0.389 e. The quantitative estimate of drug-likeness (QED) is 0.698. The highest BCUT2D eigenvalue weighted by Gasteiger charge is 2.36. The lowest BCUT2D eigenvalue weighted by Crippen LogP contribution is -2.24. The molecule has 0 fully saturated rings. The fourth-order valence-electron chi connectivity index (χ4n) is 2.26. The van der Waals surface area contributed by atoms with E-state index in [0.29, 0.717) is 6.42 Å². The highest BCUT2D eigenvalue weighted by atomic mass is 19.4. The molecule has 0 spiro atoms. The molecule has 0 amide bonds. The summed E-state index contributed by atoms with van der Waals surface area (Å²) in [5.41, 5.74) is 1.35. The van der Waals surface area contributed by atoms with Crippen molar-refractivity contribution >= 4 is 0 Å². The maximum absolute atomic E-state index is 12.4. The van der Waals surface area contributed by atoms with Gasteiger partial charge in [-0.25, -0.2) is 0 Å². The van der Waals surface area contributed by atoms with Crippen molar-refractivity contribution in [3.8, 4) is 0 Å². The van der Waals surface area contributed by atoms with E-state index in [2.05, 4.69) is 6.92 Å². The van der Waals surface area contributed by atoms with E-state index in [1.807, 2.05) is 24.3 Å². The van der Waals surface area contributed by atoms with Crippen molar-refractivity contribution in [1.29, 1.82) is 0 Å². The van der Waals surface area contributed by atoms with Crippen LogP contribution < -0.4 is 0 Å². The first-order chi connectivity index (χ1) is 8.22. The molecule has 18 heavy (non-hydrogen) atoms. The normalized spacial score (nSPS) is 12.8. The number of rotatable bonds is 5. The molecule has 0 bridgehead atoms. The summed E-state index contributed by atoms with van der Waals surface area (Å²) in [7, 11) is 0. The molecule has 0 aliphatic carbocycles. The lowest BCUT2D eigenvalue weighted by Gasteiger charge is -2.26. The van der Waals surface area contributed by atoms with Crippen LogP contribution in [-0.2, 0) is 12.8 Å². The number of halogens is 3. The minimum absolute atomic E-state index is 0.442. The summed E-state index contributed by atoms with van der Waals surface area (Å²) in [6.45, 7) is 7.11. The van der Waals surface area contributed by atoms with Crippen molar-refractivity contribution < 1.29 is 13.2 Å². The maximum atomic E-state index is 12.4. The first-order valence-corrected chi connectivity index (χ1v) is 6.16. The van der Waals surface area contributed by atoms with Crippen LogP contribution in [0.15, 0.2) is 24.3 Å². The smallest absolute Gasteiger partial charge is 0.171 e. The summed E-state index contributed by atoms with van der Waals surface area (Å²) < 4.78 is 37.3. The lowest BCUT2D eigenvalue weighted by atomic mass is 9.82. The highest BCUT2D eigenvalue weighted by Crippen LogP contribution is 2.35. The Morgan fingerprint density at radius 3 is 2.28 bits per heavy atom. The number of hydrogen-bond acceptors (Lipinski definition) is 0. The highest BCUT2D eigenvalue weighted by molar-refractivity contribution is 5.24. The molecular formula is C15H20F3. The molecule has 0 N–H and O–H groups in total. The zero-order valence-corrected chi connectivity index (χ0v) is 11.0. The summed E-state index contributed by atoms with van der Waals surface area (Å²) in [6, 6.07) is 7.78. The molecule has 0 aliphatic rings. The molecule has 101 valence electrons. The van der Waals surface area contributed by atoms with Crippen molar-refractivity contribution in [3.63, 3.8) is 0 Å². The molecule has 1 aromatic rings. The fraction of sp³-hybridized carbons (Fsp3) is 0.533. The van der Waals surface area contributed by atoms with Crippen LogP contribution in [0.3, 0.4) is 0 Å². The van der Waals surface area contributed by atoms with Crippen LogP contribution in [0.5, 0.6) is 0 Å². The molecule has 0 nitrogen and oxygen atoms in total. The van der Waals surface area contributed by atoms with Crippen LogP contribution in [0.1, 0.15) is 37.8 Å². The summed E-state index contributed by atoms with van der Waals surface area (Å²) in [6.07, 6.45) is -2.74. The number of alkyl halides is 3. The Morgan fingerprint density at radius 2 is 1.72 bits per heavy atom. The van der Waals surface area contributed by atoms with Crippen LogP contribution in [0.2, 0.25) is 0 Å². The van der Waals surface area contributed by atoms with Gasteiger partial charge in [-0.15, -0.1) is 0 Å². The molecule has 1 aromatic carbocycles. The molecule has 0 saturated heterocycles. The molecule has 0 heterocycles. The average Bonchev–Trinajstić information content (AvgIpc) is 2.13. The van der Waals surface area contributed by atoms with Crippen molar-refractivity contribution in [1.82, 2.24) is 0 Å². The van der Waals surface area contributed by atoms with Crippen LogP contribution in [0, 0.1) is 12.3 Å². The first kappa shape index (κ1) is 15.1. The standard InChI is InChI=1S/C15H20F3/c1-4-6-12-7-5-8-13(9-12)10-14(2,3)11-15(16,17)18/h5,7-9H,1,4,6,10-11H2,2-3H3. The van der Waals surface area contributed by atoms with Gasteiger partial charge in [0, 0.05) is 6.42 Å². The molecule has 1 rings (SSSR count). The first-order valence-electron chi connectivity index (χ1n) is 6.16. The van der Waals surface area contributed by atoms with E-state index in [1.54, 1.807) is 13.8 Å². The van der Waals surface area contributed by atoms with Gasteiger partial charge in [0.05, 0.1) is 0 Å². The SMILES string of the molecule is [CH2]CCc1cccc(CC(C)(C)CC(F)(F)F)c1. The molecule has 0 aliphatic heterocycles. The fourth-order valence-corrected chi connectivity index (χ4v) is 2.26.